The molecule has 1 aromatic heterocycles. The number of carbonyl (C=O) groups is 2. The highest BCUT2D eigenvalue weighted by Gasteiger charge is 2.38. The van der Waals surface area contributed by atoms with Crippen molar-refractivity contribution < 1.29 is 9.59 Å². The van der Waals surface area contributed by atoms with E-state index in [4.69, 9.17) is 16.9 Å². The van der Waals surface area contributed by atoms with Crippen LogP contribution in [-0.4, -0.2) is 63.7 Å². The zero-order chi connectivity index (χ0) is 22.8. The van der Waals surface area contributed by atoms with Crippen molar-refractivity contribution in [3.8, 4) is 0 Å². The summed E-state index contributed by atoms with van der Waals surface area (Å²) in [6, 6.07) is 8.15. The number of nitrogens with zero attached hydrogens (tertiary/aromatic N) is 3. The number of nitrogen functional groups attached to an aromatic ring is 1. The van der Waals surface area contributed by atoms with Crippen LogP contribution in [0.2, 0.25) is 0 Å². The van der Waals surface area contributed by atoms with Gasteiger partial charge in [0.05, 0.1) is 12.6 Å². The Morgan fingerprint density at radius 3 is 2.62 bits per heavy atom. The van der Waals surface area contributed by atoms with Gasteiger partial charge in [0.25, 0.3) is 0 Å². The maximum atomic E-state index is 13.3. The van der Waals surface area contributed by atoms with E-state index in [1.165, 1.54) is 5.69 Å². The predicted molar refractivity (Wildman–Crippen MR) is 125 cm³/mol. The molecule has 2 atom stereocenters. The first-order valence-corrected chi connectivity index (χ1v) is 11.7. The van der Waals surface area contributed by atoms with Crippen LogP contribution in [0.25, 0.3) is 10.9 Å². The minimum Gasteiger partial charge on any atom is -0.384 e. The zero-order valence-corrected chi connectivity index (χ0v) is 18.8. The molecule has 8 heteroatoms. The van der Waals surface area contributed by atoms with E-state index in [1.54, 1.807) is 0 Å². The average Bonchev–Trinajstić information content (AvgIpc) is 3.48. The fraction of sp³-hybridized carbons (Fsp3) is 0.542. The average molecular weight is 439 g/mol. The van der Waals surface area contributed by atoms with Gasteiger partial charge >= 0.3 is 0 Å². The molecule has 4 rings (SSSR count). The highest BCUT2D eigenvalue weighted by atomic mass is 16.2. The Balaban J connectivity index is 1.47. The lowest BCUT2D eigenvalue weighted by molar-refractivity contribution is -0.137. The first kappa shape index (κ1) is 22.3. The molecule has 8 nitrogen and oxygen atoms in total. The summed E-state index contributed by atoms with van der Waals surface area (Å²) in [5, 5.41) is 8.88. The highest BCUT2D eigenvalue weighted by Crippen LogP contribution is 2.28. The van der Waals surface area contributed by atoms with Crippen molar-refractivity contribution in [1.29, 1.82) is 5.41 Å². The smallest absolute Gasteiger partial charge is 0.240 e. The number of aromatic nitrogens is 1. The Hall–Kier alpha value is -2.87. The summed E-state index contributed by atoms with van der Waals surface area (Å²) in [7, 11) is 0. The van der Waals surface area contributed by atoms with Gasteiger partial charge in [0.2, 0.25) is 11.8 Å². The van der Waals surface area contributed by atoms with Gasteiger partial charge in [0.1, 0.15) is 5.84 Å². The lowest BCUT2D eigenvalue weighted by Crippen LogP contribution is -2.49. The maximum absolute atomic E-state index is 13.3. The summed E-state index contributed by atoms with van der Waals surface area (Å²) in [5.74, 6) is -0.133. The number of rotatable bonds is 8. The van der Waals surface area contributed by atoms with E-state index in [0.717, 1.165) is 74.6 Å². The molecule has 2 aliphatic rings. The van der Waals surface area contributed by atoms with E-state index in [9.17, 15) is 9.59 Å². The summed E-state index contributed by atoms with van der Waals surface area (Å²) in [6.07, 6.45) is 5.60. The normalized spacial score (nSPS) is 21.5. The number of hydrogen-bond donors (Lipinski definition) is 3. The summed E-state index contributed by atoms with van der Waals surface area (Å²) >= 11 is 0. The van der Waals surface area contributed by atoms with Crippen LogP contribution in [0.15, 0.2) is 24.3 Å². The van der Waals surface area contributed by atoms with Crippen molar-refractivity contribution in [1.82, 2.24) is 14.4 Å². The molecule has 2 saturated heterocycles. The molecule has 0 radical (unpaired) electrons. The van der Waals surface area contributed by atoms with Gasteiger partial charge in [-0.2, -0.15) is 0 Å². The van der Waals surface area contributed by atoms with Gasteiger partial charge in [0, 0.05) is 35.9 Å². The number of fused-ring (bicyclic) bond motifs is 1. The number of nitrogens with two attached hydrogens (primary N) is 2. The van der Waals surface area contributed by atoms with Gasteiger partial charge in [-0.1, -0.05) is 12.1 Å². The second kappa shape index (κ2) is 9.32. The van der Waals surface area contributed by atoms with Crippen molar-refractivity contribution in [2.24, 2.45) is 11.5 Å². The summed E-state index contributed by atoms with van der Waals surface area (Å²) in [6.45, 7) is 4.69. The van der Waals surface area contributed by atoms with Gasteiger partial charge in [-0.3, -0.25) is 19.9 Å². The molecule has 1 aromatic carbocycles. The van der Waals surface area contributed by atoms with Crippen LogP contribution in [0.4, 0.5) is 0 Å². The fourth-order valence-corrected chi connectivity index (χ4v) is 5.49. The minimum absolute atomic E-state index is 0.0784. The highest BCUT2D eigenvalue weighted by molar-refractivity contribution is 5.98. The first-order chi connectivity index (χ1) is 15.4. The third-order valence-corrected chi connectivity index (χ3v) is 7.02. The van der Waals surface area contributed by atoms with Crippen LogP contribution in [0, 0.1) is 5.41 Å². The standard InChI is InChI=1S/C24H34N6O2/c1-2-29-19(13-16-7-8-17(23(26)27)14-21(16)29)10-9-18-5-3-12-30(18)24(32)20-6-4-11-28(20)15-22(25)31/h7-8,13-14,18,20H,2-6,9-12,15H2,1H3,(H2,25,31)(H3,26,27). The number of aryl methyl sites for hydroxylation is 2. The van der Waals surface area contributed by atoms with Crippen LogP contribution in [0.3, 0.4) is 0 Å². The van der Waals surface area contributed by atoms with Crippen molar-refractivity contribution in [3.63, 3.8) is 0 Å². The van der Waals surface area contributed by atoms with Crippen LogP contribution in [-0.2, 0) is 22.6 Å². The summed E-state index contributed by atoms with van der Waals surface area (Å²) < 4.78 is 2.29. The number of amides is 2. The van der Waals surface area contributed by atoms with E-state index < -0.39 is 0 Å². The molecule has 2 fully saturated rings. The molecule has 2 amide bonds. The number of nitrogens with one attached hydrogen (secondary N) is 1. The van der Waals surface area contributed by atoms with Gasteiger partial charge in [-0.15, -0.1) is 0 Å². The first-order valence-electron chi connectivity index (χ1n) is 11.7. The Morgan fingerprint density at radius 2 is 1.91 bits per heavy atom. The van der Waals surface area contributed by atoms with Crippen molar-refractivity contribution >= 4 is 28.6 Å². The van der Waals surface area contributed by atoms with E-state index in [0.29, 0.717) is 0 Å². The monoisotopic (exact) mass is 438 g/mol. The number of likely N-dealkylation sites (tertiary alicyclic amines) is 2. The quantitative estimate of drug-likeness (QED) is 0.430. The number of amidine groups is 1. The third-order valence-electron chi connectivity index (χ3n) is 7.02. The molecule has 0 bridgehead atoms. The summed E-state index contributed by atoms with van der Waals surface area (Å²) in [5.41, 5.74) is 14.2. The second-order valence-corrected chi connectivity index (χ2v) is 9.03. The lowest BCUT2D eigenvalue weighted by atomic mass is 10.1. The maximum Gasteiger partial charge on any atom is 0.240 e. The van der Waals surface area contributed by atoms with E-state index >= 15 is 0 Å². The molecule has 0 aliphatic carbocycles. The van der Waals surface area contributed by atoms with Crippen LogP contribution >= 0.6 is 0 Å². The van der Waals surface area contributed by atoms with Crippen molar-refractivity contribution in [2.45, 2.75) is 64.1 Å². The van der Waals surface area contributed by atoms with E-state index in [-0.39, 0.29) is 36.3 Å². The Labute approximate surface area is 189 Å². The SMILES string of the molecule is CCn1c(CCC2CCCN2C(=O)C2CCCN2CC(N)=O)cc2ccc(C(=N)N)cc21. The number of hydrogen-bond acceptors (Lipinski definition) is 4. The predicted octanol–water partition coefficient (Wildman–Crippen LogP) is 1.82. The number of primary amides is 1. The molecule has 5 N–H and O–H groups in total. The molecular formula is C24H34N6O2. The number of carbonyl (C=O) groups excluding carboxylic acids is 2. The third kappa shape index (κ3) is 4.37. The zero-order valence-electron chi connectivity index (χ0n) is 18.8. The molecule has 0 saturated carbocycles. The molecule has 2 unspecified atom stereocenters. The van der Waals surface area contributed by atoms with E-state index in [1.807, 2.05) is 23.1 Å². The molecule has 0 spiro atoms. The van der Waals surface area contributed by atoms with Gasteiger partial charge in [-0.05, 0) is 69.5 Å². The molecule has 32 heavy (non-hydrogen) atoms. The van der Waals surface area contributed by atoms with Gasteiger partial charge < -0.3 is 20.9 Å². The fourth-order valence-electron chi connectivity index (χ4n) is 5.49. The molecule has 172 valence electrons. The Morgan fingerprint density at radius 1 is 1.12 bits per heavy atom. The topological polar surface area (TPSA) is 121 Å². The Bertz CT molecular complexity index is 1030. The van der Waals surface area contributed by atoms with Gasteiger partial charge in [-0.25, -0.2) is 0 Å². The second-order valence-electron chi connectivity index (χ2n) is 9.03. The Kier molecular flexibility index (Phi) is 6.50. The number of benzene rings is 1. The van der Waals surface area contributed by atoms with Crippen LogP contribution < -0.4 is 11.5 Å². The van der Waals surface area contributed by atoms with Crippen molar-refractivity contribution in [2.75, 3.05) is 19.6 Å². The molecule has 2 aromatic rings. The van der Waals surface area contributed by atoms with E-state index in [2.05, 4.69) is 22.5 Å². The van der Waals surface area contributed by atoms with Crippen LogP contribution in [0.5, 0.6) is 0 Å². The summed E-state index contributed by atoms with van der Waals surface area (Å²) in [4.78, 5) is 28.7. The van der Waals surface area contributed by atoms with Crippen LogP contribution in [0.1, 0.15) is 50.3 Å². The molecular weight excluding hydrogens is 404 g/mol. The largest absolute Gasteiger partial charge is 0.384 e. The van der Waals surface area contributed by atoms with Gasteiger partial charge in [0.15, 0.2) is 0 Å². The molecule has 3 heterocycles. The molecule has 2 aliphatic heterocycles. The lowest BCUT2D eigenvalue weighted by Gasteiger charge is -2.31. The van der Waals surface area contributed by atoms with Crippen molar-refractivity contribution in [3.05, 3.63) is 35.5 Å². The minimum atomic E-state index is -0.372.